The highest BCUT2D eigenvalue weighted by Crippen LogP contribution is 2.60. The molecular weight excluding hydrogens is 580 g/mol. The third-order valence-electron chi connectivity index (χ3n) is 8.59. The highest BCUT2D eigenvalue weighted by Gasteiger charge is 2.44. The Bertz CT molecular complexity index is 1630. The summed E-state index contributed by atoms with van der Waals surface area (Å²) in [6, 6.07) is 12.4. The van der Waals surface area contributed by atoms with Gasteiger partial charge in [0.15, 0.2) is 23.0 Å². The van der Waals surface area contributed by atoms with Crippen LogP contribution in [0.15, 0.2) is 54.1 Å². The number of carbonyl (C=O) groups is 2. The number of ether oxygens (including phenoxy) is 8. The molecule has 1 aliphatic heterocycles. The Balaban J connectivity index is 1.89. The van der Waals surface area contributed by atoms with E-state index >= 15 is 0 Å². The zero-order chi connectivity index (χ0) is 32.4. The Kier molecular flexibility index (Phi) is 9.13. The summed E-state index contributed by atoms with van der Waals surface area (Å²) in [5.41, 5.74) is 3.05. The van der Waals surface area contributed by atoms with Crippen molar-refractivity contribution >= 4 is 11.9 Å². The highest BCUT2D eigenvalue weighted by atomic mass is 16.7. The molecule has 0 amide bonds. The van der Waals surface area contributed by atoms with Crippen molar-refractivity contribution in [2.24, 2.45) is 11.8 Å². The van der Waals surface area contributed by atoms with Gasteiger partial charge in [-0.3, -0.25) is 0 Å². The molecule has 0 fully saturated rings. The minimum absolute atomic E-state index is 0.0179. The third kappa shape index (κ3) is 5.49. The molecule has 1 aliphatic carbocycles. The molecule has 0 saturated heterocycles. The molecule has 238 valence electrons. The van der Waals surface area contributed by atoms with E-state index < -0.39 is 30.1 Å². The molecule has 0 N–H and O–H groups in total. The summed E-state index contributed by atoms with van der Waals surface area (Å²) in [5, 5.41) is 0. The first-order valence-corrected chi connectivity index (χ1v) is 14.6. The number of rotatable bonds is 8. The van der Waals surface area contributed by atoms with Crippen LogP contribution in [0.4, 0.5) is 0 Å². The lowest BCUT2D eigenvalue weighted by Gasteiger charge is -2.39. The average Bonchev–Trinajstić information content (AvgIpc) is 3.55. The van der Waals surface area contributed by atoms with Crippen molar-refractivity contribution in [3.63, 3.8) is 0 Å². The Hall–Kier alpha value is -4.86. The van der Waals surface area contributed by atoms with Crippen molar-refractivity contribution in [1.82, 2.24) is 0 Å². The predicted octanol–water partition coefficient (Wildman–Crippen LogP) is 6.85. The number of hydrogen-bond donors (Lipinski definition) is 0. The van der Waals surface area contributed by atoms with Crippen LogP contribution in [-0.4, -0.2) is 47.2 Å². The summed E-state index contributed by atoms with van der Waals surface area (Å²) in [6.07, 6.45) is 0.00817. The zero-order valence-corrected chi connectivity index (χ0v) is 26.7. The summed E-state index contributed by atoms with van der Waals surface area (Å²) >= 11 is 0. The molecule has 45 heavy (non-hydrogen) atoms. The van der Waals surface area contributed by atoms with E-state index in [4.69, 9.17) is 37.9 Å². The maximum Gasteiger partial charge on any atom is 0.338 e. The van der Waals surface area contributed by atoms with Crippen LogP contribution in [0.5, 0.6) is 34.5 Å². The van der Waals surface area contributed by atoms with E-state index in [1.54, 1.807) is 50.3 Å². The van der Waals surface area contributed by atoms with E-state index in [0.717, 1.165) is 0 Å². The van der Waals surface area contributed by atoms with E-state index in [1.807, 2.05) is 26.0 Å². The molecule has 3 aromatic rings. The van der Waals surface area contributed by atoms with Crippen LogP contribution in [0.2, 0.25) is 0 Å². The molecule has 2 aliphatic rings. The fourth-order valence-electron chi connectivity index (χ4n) is 5.91. The van der Waals surface area contributed by atoms with Crippen molar-refractivity contribution in [2.75, 3.05) is 35.2 Å². The molecule has 0 bridgehead atoms. The fraction of sp³-hybridized carbons (Fsp3) is 0.371. The number of allylic oxidation sites excluding steroid dienone is 1. The van der Waals surface area contributed by atoms with E-state index in [-0.39, 0.29) is 12.7 Å². The van der Waals surface area contributed by atoms with Crippen LogP contribution in [0.1, 0.15) is 61.4 Å². The van der Waals surface area contributed by atoms with Crippen LogP contribution in [0.25, 0.3) is 11.1 Å². The van der Waals surface area contributed by atoms with E-state index in [9.17, 15) is 9.59 Å². The summed E-state index contributed by atoms with van der Waals surface area (Å²) in [4.78, 5) is 27.0. The summed E-state index contributed by atoms with van der Waals surface area (Å²) < 4.78 is 47.9. The number of methoxy groups -OCH3 is 4. The van der Waals surface area contributed by atoms with Crippen LogP contribution < -0.4 is 28.4 Å². The average molecular weight is 619 g/mol. The van der Waals surface area contributed by atoms with Gasteiger partial charge in [0.25, 0.3) is 0 Å². The predicted molar refractivity (Wildman–Crippen MR) is 165 cm³/mol. The number of fused-ring (bicyclic) bond motifs is 4. The SMILES string of the molecule is C/C=C(\C)C(=O)O[C@H]1c2cc3c(c(OC)c2-c2c(cc(OC)c(OC)c2OC)[C@H](OC(=O)c2ccccc2)[C@@H](C)[C@H]1C)OCO3. The second-order valence-corrected chi connectivity index (χ2v) is 10.9. The topological polar surface area (TPSA) is 108 Å². The Morgan fingerprint density at radius 1 is 0.778 bits per heavy atom. The highest BCUT2D eigenvalue weighted by molar-refractivity contribution is 5.92. The number of hydrogen-bond acceptors (Lipinski definition) is 10. The molecule has 5 rings (SSSR count). The van der Waals surface area contributed by atoms with Crippen molar-refractivity contribution in [1.29, 1.82) is 0 Å². The van der Waals surface area contributed by atoms with Crippen LogP contribution in [0.3, 0.4) is 0 Å². The fourth-order valence-corrected chi connectivity index (χ4v) is 5.91. The molecule has 3 aromatic carbocycles. The summed E-state index contributed by atoms with van der Waals surface area (Å²) in [6.45, 7) is 7.37. The van der Waals surface area contributed by atoms with Gasteiger partial charge in [-0.25, -0.2) is 9.59 Å². The molecule has 0 radical (unpaired) electrons. The maximum atomic E-state index is 13.7. The molecule has 0 aromatic heterocycles. The minimum atomic E-state index is -0.858. The Morgan fingerprint density at radius 3 is 1.98 bits per heavy atom. The summed E-state index contributed by atoms with van der Waals surface area (Å²) in [5.74, 6) is 0.386. The minimum Gasteiger partial charge on any atom is -0.493 e. The first kappa shape index (κ1) is 31.6. The Labute approximate surface area is 262 Å². The molecule has 0 unspecified atom stereocenters. The smallest absolute Gasteiger partial charge is 0.338 e. The van der Waals surface area contributed by atoms with Gasteiger partial charge in [-0.05, 0) is 38.1 Å². The monoisotopic (exact) mass is 618 g/mol. The van der Waals surface area contributed by atoms with Crippen molar-refractivity contribution in [3.8, 4) is 45.6 Å². The van der Waals surface area contributed by atoms with Crippen LogP contribution in [0, 0.1) is 11.8 Å². The maximum absolute atomic E-state index is 13.7. The van der Waals surface area contributed by atoms with Gasteiger partial charge in [0.05, 0.1) is 34.0 Å². The van der Waals surface area contributed by atoms with Gasteiger partial charge in [0.2, 0.25) is 18.3 Å². The van der Waals surface area contributed by atoms with Crippen molar-refractivity contribution in [2.45, 2.75) is 39.9 Å². The number of esters is 2. The molecule has 0 saturated carbocycles. The summed E-state index contributed by atoms with van der Waals surface area (Å²) in [7, 11) is 6.07. The van der Waals surface area contributed by atoms with Gasteiger partial charge in [0, 0.05) is 39.7 Å². The first-order valence-electron chi connectivity index (χ1n) is 14.6. The number of carbonyl (C=O) groups excluding carboxylic acids is 2. The van der Waals surface area contributed by atoms with Gasteiger partial charge in [0.1, 0.15) is 12.2 Å². The van der Waals surface area contributed by atoms with Crippen LogP contribution in [-0.2, 0) is 14.3 Å². The quantitative estimate of drug-likeness (QED) is 0.196. The lowest BCUT2D eigenvalue weighted by atomic mass is 9.74. The second-order valence-electron chi connectivity index (χ2n) is 10.9. The number of benzene rings is 3. The molecule has 10 heteroatoms. The van der Waals surface area contributed by atoms with Crippen molar-refractivity contribution < 1.29 is 47.5 Å². The Morgan fingerprint density at radius 2 is 1.38 bits per heavy atom. The van der Waals surface area contributed by atoms with E-state index in [0.29, 0.717) is 67.9 Å². The second kappa shape index (κ2) is 13.0. The normalized spacial score (nSPS) is 20.1. The van der Waals surface area contributed by atoms with Gasteiger partial charge in [-0.1, -0.05) is 38.1 Å². The molecule has 4 atom stereocenters. The third-order valence-corrected chi connectivity index (χ3v) is 8.59. The largest absolute Gasteiger partial charge is 0.493 e. The van der Waals surface area contributed by atoms with Gasteiger partial charge in [-0.2, -0.15) is 0 Å². The van der Waals surface area contributed by atoms with Crippen LogP contribution >= 0.6 is 0 Å². The lowest BCUT2D eigenvalue weighted by Crippen LogP contribution is -2.31. The van der Waals surface area contributed by atoms with Crippen molar-refractivity contribution in [3.05, 3.63) is 70.8 Å². The van der Waals surface area contributed by atoms with Gasteiger partial charge < -0.3 is 37.9 Å². The van der Waals surface area contributed by atoms with E-state index in [2.05, 4.69) is 0 Å². The molecule has 0 spiro atoms. The lowest BCUT2D eigenvalue weighted by molar-refractivity contribution is -0.149. The molecule has 1 heterocycles. The standard InChI is InChI=1S/C35H38O10/c1-9-18(2)34(36)44-28-19(3)20(4)29(45-35(37)21-13-11-10-12-14-21)22-15-24(38-5)30(39-6)32(40-7)26(22)27-23(28)16-25-31(33(27)41-8)43-17-42-25/h9-16,19-20,28-29H,17H2,1-8H3/b18-9+/t19-,20+,28-,29-/m1/s1. The molecular formula is C35H38O10. The molecule has 10 nitrogen and oxygen atoms in total. The van der Waals surface area contributed by atoms with Gasteiger partial charge in [-0.15, -0.1) is 0 Å². The van der Waals surface area contributed by atoms with E-state index in [1.165, 1.54) is 28.4 Å². The zero-order valence-electron chi connectivity index (χ0n) is 26.7. The first-order chi connectivity index (χ1) is 21.7. The van der Waals surface area contributed by atoms with Gasteiger partial charge >= 0.3 is 11.9 Å².